The number of nitrogens with two attached hydrogens (primary N) is 1. The summed E-state index contributed by atoms with van der Waals surface area (Å²) in [5, 5.41) is 0. The summed E-state index contributed by atoms with van der Waals surface area (Å²) in [6, 6.07) is 7.63. The minimum absolute atomic E-state index is 0.137. The first kappa shape index (κ1) is 16.5. The van der Waals surface area contributed by atoms with E-state index in [1.807, 2.05) is 29.2 Å². The molecule has 0 unspecified atom stereocenters. The number of anilines is 2. The summed E-state index contributed by atoms with van der Waals surface area (Å²) in [7, 11) is 0. The van der Waals surface area contributed by atoms with Gasteiger partial charge in [0, 0.05) is 23.8 Å². The van der Waals surface area contributed by atoms with Gasteiger partial charge in [0.15, 0.2) is 0 Å². The lowest BCUT2D eigenvalue weighted by molar-refractivity contribution is -0.122. The molecule has 0 aliphatic heterocycles. The standard InChI is InChI=1S/C17H28N2O/c1-4-8-14(9-5-2)17(20)19(12-6-3)16-11-7-10-15(18)13-16/h7,10-11,13-14H,4-6,8-9,12,18H2,1-3H3. The molecular formula is C17H28N2O. The summed E-state index contributed by atoms with van der Waals surface area (Å²) in [6.45, 7) is 7.13. The Balaban J connectivity index is 2.96. The Morgan fingerprint density at radius 3 is 2.30 bits per heavy atom. The topological polar surface area (TPSA) is 46.3 Å². The summed E-state index contributed by atoms with van der Waals surface area (Å²) in [5.74, 6) is 0.388. The molecule has 3 nitrogen and oxygen atoms in total. The Labute approximate surface area is 123 Å². The first-order valence-corrected chi connectivity index (χ1v) is 7.80. The summed E-state index contributed by atoms with van der Waals surface area (Å²) in [4.78, 5) is 14.7. The predicted molar refractivity (Wildman–Crippen MR) is 86.8 cm³/mol. The highest BCUT2D eigenvalue weighted by atomic mass is 16.2. The number of hydrogen-bond acceptors (Lipinski definition) is 2. The second-order valence-corrected chi connectivity index (χ2v) is 5.36. The average molecular weight is 276 g/mol. The highest BCUT2D eigenvalue weighted by molar-refractivity contribution is 5.95. The van der Waals surface area contributed by atoms with Gasteiger partial charge in [-0.3, -0.25) is 4.79 Å². The third kappa shape index (κ3) is 4.55. The van der Waals surface area contributed by atoms with Crippen LogP contribution in [0.2, 0.25) is 0 Å². The maximum Gasteiger partial charge on any atom is 0.230 e. The molecule has 0 aliphatic carbocycles. The fourth-order valence-corrected chi connectivity index (χ4v) is 2.59. The van der Waals surface area contributed by atoms with Crippen molar-refractivity contribution in [1.29, 1.82) is 0 Å². The van der Waals surface area contributed by atoms with Crippen LogP contribution in [0.5, 0.6) is 0 Å². The molecular weight excluding hydrogens is 248 g/mol. The van der Waals surface area contributed by atoms with Crippen molar-refractivity contribution in [1.82, 2.24) is 0 Å². The van der Waals surface area contributed by atoms with E-state index >= 15 is 0 Å². The molecule has 0 atom stereocenters. The molecule has 1 rings (SSSR count). The minimum Gasteiger partial charge on any atom is -0.399 e. The van der Waals surface area contributed by atoms with Crippen molar-refractivity contribution in [2.45, 2.75) is 52.9 Å². The normalized spacial score (nSPS) is 10.8. The van der Waals surface area contributed by atoms with Crippen molar-refractivity contribution in [3.05, 3.63) is 24.3 Å². The smallest absolute Gasteiger partial charge is 0.230 e. The average Bonchev–Trinajstić information content (AvgIpc) is 2.44. The van der Waals surface area contributed by atoms with Crippen molar-refractivity contribution < 1.29 is 4.79 Å². The highest BCUT2D eigenvalue weighted by Crippen LogP contribution is 2.23. The molecule has 3 heteroatoms. The van der Waals surface area contributed by atoms with Crippen molar-refractivity contribution in [3.63, 3.8) is 0 Å². The van der Waals surface area contributed by atoms with Crippen LogP contribution >= 0.6 is 0 Å². The van der Waals surface area contributed by atoms with E-state index in [0.29, 0.717) is 5.69 Å². The Morgan fingerprint density at radius 1 is 1.15 bits per heavy atom. The first-order valence-electron chi connectivity index (χ1n) is 7.80. The van der Waals surface area contributed by atoms with Crippen molar-refractivity contribution in [3.8, 4) is 0 Å². The molecule has 0 heterocycles. The van der Waals surface area contributed by atoms with Crippen molar-refractivity contribution in [2.24, 2.45) is 5.92 Å². The van der Waals surface area contributed by atoms with Gasteiger partial charge in [-0.2, -0.15) is 0 Å². The van der Waals surface area contributed by atoms with Crippen LogP contribution in [0.3, 0.4) is 0 Å². The van der Waals surface area contributed by atoms with E-state index in [4.69, 9.17) is 5.73 Å². The van der Waals surface area contributed by atoms with Gasteiger partial charge in [-0.1, -0.05) is 39.7 Å². The SMILES string of the molecule is CCCC(CCC)C(=O)N(CCC)c1cccc(N)c1. The highest BCUT2D eigenvalue weighted by Gasteiger charge is 2.23. The van der Waals surface area contributed by atoms with E-state index in [1.165, 1.54) is 0 Å². The largest absolute Gasteiger partial charge is 0.399 e. The molecule has 0 fully saturated rings. The lowest BCUT2D eigenvalue weighted by Gasteiger charge is -2.27. The Bertz CT molecular complexity index is 411. The quantitative estimate of drug-likeness (QED) is 0.722. The van der Waals surface area contributed by atoms with E-state index in [0.717, 1.165) is 44.3 Å². The van der Waals surface area contributed by atoms with Crippen LogP contribution in [0.4, 0.5) is 11.4 Å². The van der Waals surface area contributed by atoms with Gasteiger partial charge in [0.2, 0.25) is 5.91 Å². The van der Waals surface area contributed by atoms with Gasteiger partial charge in [-0.25, -0.2) is 0 Å². The van der Waals surface area contributed by atoms with E-state index in [9.17, 15) is 4.79 Å². The zero-order valence-electron chi connectivity index (χ0n) is 13.1. The number of hydrogen-bond donors (Lipinski definition) is 1. The van der Waals surface area contributed by atoms with Gasteiger partial charge >= 0.3 is 0 Å². The number of nitrogens with zero attached hydrogens (tertiary/aromatic N) is 1. The molecule has 1 aromatic rings. The number of benzene rings is 1. The Morgan fingerprint density at radius 2 is 1.80 bits per heavy atom. The summed E-state index contributed by atoms with van der Waals surface area (Å²) in [5.41, 5.74) is 7.48. The third-order valence-corrected chi connectivity index (χ3v) is 3.52. The summed E-state index contributed by atoms with van der Waals surface area (Å²) in [6.07, 6.45) is 4.98. The van der Waals surface area contributed by atoms with Crippen LogP contribution in [-0.2, 0) is 4.79 Å². The molecule has 0 saturated carbocycles. The summed E-state index contributed by atoms with van der Waals surface area (Å²) >= 11 is 0. The molecule has 112 valence electrons. The van der Waals surface area contributed by atoms with E-state index in [2.05, 4.69) is 20.8 Å². The zero-order chi connectivity index (χ0) is 15.0. The fourth-order valence-electron chi connectivity index (χ4n) is 2.59. The number of rotatable bonds is 8. The van der Waals surface area contributed by atoms with Crippen LogP contribution in [0.1, 0.15) is 52.9 Å². The monoisotopic (exact) mass is 276 g/mol. The minimum atomic E-state index is 0.137. The second-order valence-electron chi connectivity index (χ2n) is 5.36. The van der Waals surface area contributed by atoms with Crippen molar-refractivity contribution >= 4 is 17.3 Å². The zero-order valence-corrected chi connectivity index (χ0v) is 13.1. The maximum atomic E-state index is 12.8. The molecule has 0 saturated heterocycles. The third-order valence-electron chi connectivity index (χ3n) is 3.52. The van der Waals surface area contributed by atoms with Gasteiger partial charge < -0.3 is 10.6 Å². The number of nitrogen functional groups attached to an aromatic ring is 1. The van der Waals surface area contributed by atoms with Gasteiger partial charge in [-0.05, 0) is 37.5 Å². The van der Waals surface area contributed by atoms with Gasteiger partial charge in [0.05, 0.1) is 0 Å². The predicted octanol–water partition coefficient (Wildman–Crippen LogP) is 4.23. The molecule has 0 bridgehead atoms. The number of carbonyl (C=O) groups is 1. The van der Waals surface area contributed by atoms with Crippen LogP contribution in [-0.4, -0.2) is 12.5 Å². The van der Waals surface area contributed by atoms with Crippen LogP contribution in [0.15, 0.2) is 24.3 Å². The van der Waals surface area contributed by atoms with E-state index in [-0.39, 0.29) is 11.8 Å². The van der Waals surface area contributed by atoms with Crippen LogP contribution in [0, 0.1) is 5.92 Å². The lowest BCUT2D eigenvalue weighted by atomic mass is 9.96. The van der Waals surface area contributed by atoms with Crippen LogP contribution in [0.25, 0.3) is 0 Å². The maximum absolute atomic E-state index is 12.8. The first-order chi connectivity index (χ1) is 9.63. The van der Waals surface area contributed by atoms with Gasteiger partial charge in [-0.15, -0.1) is 0 Å². The molecule has 0 aliphatic rings. The summed E-state index contributed by atoms with van der Waals surface area (Å²) < 4.78 is 0. The fraction of sp³-hybridized carbons (Fsp3) is 0.588. The van der Waals surface area contributed by atoms with Crippen LogP contribution < -0.4 is 10.6 Å². The number of carbonyl (C=O) groups excluding carboxylic acids is 1. The van der Waals surface area contributed by atoms with Gasteiger partial charge in [0.1, 0.15) is 0 Å². The van der Waals surface area contributed by atoms with Gasteiger partial charge in [0.25, 0.3) is 0 Å². The molecule has 0 radical (unpaired) electrons. The lowest BCUT2D eigenvalue weighted by Crippen LogP contribution is -2.37. The number of amides is 1. The van der Waals surface area contributed by atoms with E-state index in [1.54, 1.807) is 0 Å². The van der Waals surface area contributed by atoms with Crippen molar-refractivity contribution in [2.75, 3.05) is 17.2 Å². The Kier molecular flexibility index (Phi) is 7.13. The second kappa shape index (κ2) is 8.62. The van der Waals surface area contributed by atoms with E-state index < -0.39 is 0 Å². The Hall–Kier alpha value is -1.51. The molecule has 1 aromatic carbocycles. The molecule has 0 aromatic heterocycles. The molecule has 2 N–H and O–H groups in total. The molecule has 20 heavy (non-hydrogen) atoms. The molecule has 0 spiro atoms. The molecule has 1 amide bonds.